The molecule has 110 valence electrons. The van der Waals surface area contributed by atoms with Crippen molar-refractivity contribution in [3.8, 4) is 5.75 Å². The topological polar surface area (TPSA) is 49.8 Å². The number of rotatable bonds is 5. The minimum atomic E-state index is -0.708. The molecule has 1 aromatic rings. The minimum Gasteiger partial charge on any atom is -0.493 e. The molecule has 0 aromatic heterocycles. The van der Waals surface area contributed by atoms with Crippen molar-refractivity contribution >= 4 is 21.8 Å². The van der Waals surface area contributed by atoms with Gasteiger partial charge in [-0.15, -0.1) is 0 Å². The Bertz CT molecular complexity index is 484. The van der Waals surface area contributed by atoms with E-state index in [4.69, 9.17) is 4.74 Å². The van der Waals surface area contributed by atoms with Gasteiger partial charge in [-0.25, -0.2) is 0 Å². The van der Waals surface area contributed by atoms with Crippen molar-refractivity contribution < 1.29 is 14.6 Å². The maximum absolute atomic E-state index is 11.9. The number of hydrogen-bond donors (Lipinski definition) is 1. The SMILES string of the molecule is CC(C)C1(O)CN(C(=O)CCOc2cccc(Br)c2)C1. The molecule has 1 saturated heterocycles. The molecule has 0 radical (unpaired) electrons. The molecule has 4 nitrogen and oxygen atoms in total. The lowest BCUT2D eigenvalue weighted by Gasteiger charge is -2.49. The zero-order valence-electron chi connectivity index (χ0n) is 11.8. The molecule has 0 atom stereocenters. The van der Waals surface area contributed by atoms with Crippen molar-refractivity contribution in [2.45, 2.75) is 25.9 Å². The smallest absolute Gasteiger partial charge is 0.226 e. The number of carbonyl (C=O) groups excluding carboxylic acids is 1. The number of ether oxygens (including phenoxy) is 1. The summed E-state index contributed by atoms with van der Waals surface area (Å²) in [6.45, 7) is 5.16. The van der Waals surface area contributed by atoms with Crippen LogP contribution in [0.2, 0.25) is 0 Å². The second-order valence-corrected chi connectivity index (χ2v) is 6.48. The Morgan fingerprint density at radius 2 is 2.20 bits per heavy atom. The highest BCUT2D eigenvalue weighted by Crippen LogP contribution is 2.28. The standard InChI is InChI=1S/C15H20BrNO3/c1-11(2)15(19)9-17(10-15)14(18)6-7-20-13-5-3-4-12(16)8-13/h3-5,8,11,19H,6-7,9-10H2,1-2H3. The molecule has 1 fully saturated rings. The Morgan fingerprint density at radius 3 is 2.80 bits per heavy atom. The van der Waals surface area contributed by atoms with Gasteiger partial charge in [0, 0.05) is 4.47 Å². The Balaban J connectivity index is 1.72. The van der Waals surface area contributed by atoms with Crippen molar-refractivity contribution in [1.29, 1.82) is 0 Å². The van der Waals surface area contributed by atoms with Crippen LogP contribution in [0.3, 0.4) is 0 Å². The Labute approximate surface area is 127 Å². The third-order valence-corrected chi connectivity index (χ3v) is 4.23. The molecule has 2 rings (SSSR count). The summed E-state index contributed by atoms with van der Waals surface area (Å²) in [5.74, 6) is 0.948. The fraction of sp³-hybridized carbons (Fsp3) is 0.533. The van der Waals surface area contributed by atoms with Crippen molar-refractivity contribution in [1.82, 2.24) is 4.90 Å². The van der Waals surface area contributed by atoms with Crippen molar-refractivity contribution in [2.75, 3.05) is 19.7 Å². The number of nitrogens with zero attached hydrogens (tertiary/aromatic N) is 1. The molecule has 20 heavy (non-hydrogen) atoms. The summed E-state index contributed by atoms with van der Waals surface area (Å²) >= 11 is 3.37. The van der Waals surface area contributed by atoms with Crippen molar-refractivity contribution in [3.63, 3.8) is 0 Å². The monoisotopic (exact) mass is 341 g/mol. The third kappa shape index (κ3) is 3.52. The van der Waals surface area contributed by atoms with Crippen LogP contribution in [0.4, 0.5) is 0 Å². The molecular weight excluding hydrogens is 322 g/mol. The van der Waals surface area contributed by atoms with Gasteiger partial charge in [-0.05, 0) is 24.1 Å². The molecule has 1 aromatic carbocycles. The first-order chi connectivity index (χ1) is 9.40. The molecular formula is C15H20BrNO3. The van der Waals surface area contributed by atoms with Gasteiger partial charge < -0.3 is 14.7 Å². The second kappa shape index (κ2) is 6.14. The number of amides is 1. The lowest BCUT2D eigenvalue weighted by atomic mass is 9.83. The average Bonchev–Trinajstić information content (AvgIpc) is 2.34. The molecule has 5 heteroatoms. The van der Waals surface area contributed by atoms with E-state index in [1.807, 2.05) is 38.1 Å². The van der Waals surface area contributed by atoms with Gasteiger partial charge in [0.25, 0.3) is 0 Å². The van der Waals surface area contributed by atoms with Crippen molar-refractivity contribution in [2.24, 2.45) is 5.92 Å². The van der Waals surface area contributed by atoms with E-state index in [9.17, 15) is 9.90 Å². The Kier molecular flexibility index (Phi) is 4.70. The quantitative estimate of drug-likeness (QED) is 0.894. The number of carbonyl (C=O) groups is 1. The van der Waals surface area contributed by atoms with Crippen LogP contribution >= 0.6 is 15.9 Å². The van der Waals surface area contributed by atoms with Gasteiger partial charge >= 0.3 is 0 Å². The molecule has 1 aliphatic heterocycles. The zero-order chi connectivity index (χ0) is 14.8. The Hall–Kier alpha value is -1.07. The lowest BCUT2D eigenvalue weighted by molar-refractivity contribution is -0.164. The summed E-state index contributed by atoms with van der Waals surface area (Å²) in [4.78, 5) is 13.6. The summed E-state index contributed by atoms with van der Waals surface area (Å²) < 4.78 is 6.49. The number of halogens is 1. The van der Waals surface area contributed by atoms with E-state index < -0.39 is 5.60 Å². The number of benzene rings is 1. The largest absolute Gasteiger partial charge is 0.493 e. The number of β-amino-alcohol motifs (C(OH)–C–C–N with tert-alkyl or cyclic N) is 1. The van der Waals surface area contributed by atoms with E-state index in [0.717, 1.165) is 10.2 Å². The van der Waals surface area contributed by atoms with Gasteiger partial charge in [0.2, 0.25) is 5.91 Å². The van der Waals surface area contributed by atoms with Gasteiger partial charge in [-0.3, -0.25) is 4.79 Å². The fourth-order valence-electron chi connectivity index (χ4n) is 2.13. The number of likely N-dealkylation sites (tertiary alicyclic amines) is 1. The first kappa shape index (κ1) is 15.3. The first-order valence-corrected chi connectivity index (χ1v) is 7.58. The van der Waals surface area contributed by atoms with Crippen LogP contribution in [-0.2, 0) is 4.79 Å². The predicted octanol–water partition coefficient (Wildman–Crippen LogP) is 2.45. The third-order valence-electron chi connectivity index (χ3n) is 3.74. The van der Waals surface area contributed by atoms with Gasteiger partial charge in [-0.1, -0.05) is 35.8 Å². The molecule has 0 saturated carbocycles. The Morgan fingerprint density at radius 1 is 1.50 bits per heavy atom. The average molecular weight is 342 g/mol. The van der Waals surface area contributed by atoms with Gasteiger partial charge in [0.05, 0.1) is 26.1 Å². The maximum atomic E-state index is 11.9. The first-order valence-electron chi connectivity index (χ1n) is 6.79. The van der Waals surface area contributed by atoms with Crippen LogP contribution in [0, 0.1) is 5.92 Å². The van der Waals surface area contributed by atoms with E-state index >= 15 is 0 Å². The molecule has 0 spiro atoms. The van der Waals surface area contributed by atoms with Crippen LogP contribution in [0.25, 0.3) is 0 Å². The molecule has 0 bridgehead atoms. The van der Waals surface area contributed by atoms with Crippen molar-refractivity contribution in [3.05, 3.63) is 28.7 Å². The predicted molar refractivity (Wildman–Crippen MR) is 80.6 cm³/mol. The summed E-state index contributed by atoms with van der Waals surface area (Å²) in [6.07, 6.45) is 0.334. The summed E-state index contributed by atoms with van der Waals surface area (Å²) in [6, 6.07) is 7.53. The zero-order valence-corrected chi connectivity index (χ0v) is 13.4. The molecule has 1 aliphatic rings. The molecule has 1 amide bonds. The van der Waals surface area contributed by atoms with E-state index in [0.29, 0.717) is 26.1 Å². The lowest BCUT2D eigenvalue weighted by Crippen LogP contribution is -2.66. The van der Waals surface area contributed by atoms with Crippen LogP contribution in [0.5, 0.6) is 5.75 Å². The number of aliphatic hydroxyl groups is 1. The van der Waals surface area contributed by atoms with Gasteiger partial charge in [0.1, 0.15) is 11.4 Å². The highest BCUT2D eigenvalue weighted by atomic mass is 79.9. The van der Waals surface area contributed by atoms with Crippen LogP contribution in [0.15, 0.2) is 28.7 Å². The maximum Gasteiger partial charge on any atom is 0.226 e. The van der Waals surface area contributed by atoms with Gasteiger partial charge in [0.15, 0.2) is 0 Å². The highest BCUT2D eigenvalue weighted by Gasteiger charge is 2.45. The molecule has 0 aliphatic carbocycles. The fourth-order valence-corrected chi connectivity index (χ4v) is 2.51. The highest BCUT2D eigenvalue weighted by molar-refractivity contribution is 9.10. The molecule has 0 unspecified atom stereocenters. The van der Waals surface area contributed by atoms with E-state index in [1.54, 1.807) is 4.90 Å². The minimum absolute atomic E-state index is 0.0327. The normalized spacial score (nSPS) is 16.9. The van der Waals surface area contributed by atoms with Gasteiger partial charge in [-0.2, -0.15) is 0 Å². The van der Waals surface area contributed by atoms with Crippen LogP contribution in [-0.4, -0.2) is 41.2 Å². The van der Waals surface area contributed by atoms with Crippen LogP contribution < -0.4 is 4.74 Å². The summed E-state index contributed by atoms with van der Waals surface area (Å²) in [5, 5.41) is 10.1. The molecule has 1 heterocycles. The van der Waals surface area contributed by atoms with E-state index in [2.05, 4.69) is 15.9 Å². The number of hydrogen-bond acceptors (Lipinski definition) is 3. The van der Waals surface area contributed by atoms with E-state index in [-0.39, 0.29) is 11.8 Å². The summed E-state index contributed by atoms with van der Waals surface area (Å²) in [7, 11) is 0. The molecule has 1 N–H and O–H groups in total. The summed E-state index contributed by atoms with van der Waals surface area (Å²) in [5.41, 5.74) is -0.708. The van der Waals surface area contributed by atoms with E-state index in [1.165, 1.54) is 0 Å². The van der Waals surface area contributed by atoms with Crippen LogP contribution in [0.1, 0.15) is 20.3 Å². The second-order valence-electron chi connectivity index (χ2n) is 5.56.